The van der Waals surface area contributed by atoms with E-state index in [1.54, 1.807) is 0 Å². The molecule has 3 aromatic rings. The Morgan fingerprint density at radius 1 is 1.13 bits per heavy atom. The van der Waals surface area contributed by atoms with Gasteiger partial charge in [0.2, 0.25) is 5.91 Å². The number of pyridine rings is 1. The molecule has 5 heteroatoms. The molecular weight excluding hydrogens is 290 g/mol. The Kier molecular flexibility index (Phi) is 4.88. The van der Waals surface area contributed by atoms with Gasteiger partial charge in [0.05, 0.1) is 18.8 Å². The molecule has 23 heavy (non-hydrogen) atoms. The van der Waals surface area contributed by atoms with Crippen molar-refractivity contribution in [2.45, 2.75) is 19.4 Å². The Morgan fingerprint density at radius 2 is 1.96 bits per heavy atom. The fourth-order valence-corrected chi connectivity index (χ4v) is 2.29. The van der Waals surface area contributed by atoms with Gasteiger partial charge in [-0.3, -0.25) is 4.79 Å². The number of amides is 1. The average molecular weight is 309 g/mol. The molecule has 0 saturated carbocycles. The third-order valence-corrected chi connectivity index (χ3v) is 3.44. The van der Waals surface area contributed by atoms with E-state index in [2.05, 4.69) is 10.3 Å². The topological polar surface area (TPSA) is 55.6 Å². The van der Waals surface area contributed by atoms with Crippen molar-refractivity contribution in [3.8, 4) is 5.75 Å². The van der Waals surface area contributed by atoms with Crippen LogP contribution in [-0.2, 0) is 11.3 Å². The van der Waals surface area contributed by atoms with Gasteiger partial charge in [0.15, 0.2) is 0 Å². The summed E-state index contributed by atoms with van der Waals surface area (Å²) in [6.07, 6.45) is 4.99. The number of fused-ring (bicyclic) bond motifs is 1. The Hall–Kier alpha value is -2.82. The fourth-order valence-electron chi connectivity index (χ4n) is 2.29. The molecular formula is C18H19N3O2. The highest BCUT2D eigenvalue weighted by Gasteiger charge is 2.04. The molecule has 2 aromatic heterocycles. The lowest BCUT2D eigenvalue weighted by Gasteiger charge is -2.06. The van der Waals surface area contributed by atoms with Crippen molar-refractivity contribution < 1.29 is 9.53 Å². The molecule has 1 aromatic carbocycles. The van der Waals surface area contributed by atoms with Crippen molar-refractivity contribution in [1.82, 2.24) is 14.7 Å². The summed E-state index contributed by atoms with van der Waals surface area (Å²) >= 11 is 0. The zero-order chi connectivity index (χ0) is 15.9. The molecule has 3 rings (SSSR count). The zero-order valence-electron chi connectivity index (χ0n) is 12.8. The molecule has 0 spiro atoms. The molecule has 5 nitrogen and oxygen atoms in total. The molecule has 0 aliphatic heterocycles. The first-order valence-corrected chi connectivity index (χ1v) is 7.68. The van der Waals surface area contributed by atoms with Crippen LogP contribution in [0.1, 0.15) is 18.5 Å². The van der Waals surface area contributed by atoms with Gasteiger partial charge >= 0.3 is 0 Å². The lowest BCUT2D eigenvalue weighted by atomic mass is 10.3. The molecule has 0 radical (unpaired) electrons. The SMILES string of the molecule is O=C(CCCOc1ccccc1)NCc1cn2ccccc2n1. The van der Waals surface area contributed by atoms with Crippen LogP contribution in [0.25, 0.3) is 5.65 Å². The van der Waals surface area contributed by atoms with Crippen LogP contribution < -0.4 is 10.1 Å². The summed E-state index contributed by atoms with van der Waals surface area (Å²) in [6.45, 7) is 0.978. The predicted molar refractivity (Wildman–Crippen MR) is 88.2 cm³/mol. The standard InChI is InChI=1S/C18H19N3O2/c22-18(10-6-12-23-16-7-2-1-3-8-16)19-13-15-14-21-11-5-4-9-17(21)20-15/h1-5,7-9,11,14H,6,10,12-13H2,(H,19,22). The number of para-hydroxylation sites is 1. The molecule has 0 atom stereocenters. The van der Waals surface area contributed by atoms with Gasteiger partial charge in [0.1, 0.15) is 11.4 Å². The number of carbonyl (C=O) groups excluding carboxylic acids is 1. The number of carbonyl (C=O) groups is 1. The van der Waals surface area contributed by atoms with E-state index in [1.165, 1.54) is 0 Å². The van der Waals surface area contributed by atoms with Gasteiger partial charge in [-0.2, -0.15) is 0 Å². The summed E-state index contributed by atoms with van der Waals surface area (Å²) in [6, 6.07) is 15.4. The van der Waals surface area contributed by atoms with Crippen LogP contribution >= 0.6 is 0 Å². The maximum atomic E-state index is 11.8. The van der Waals surface area contributed by atoms with Crippen LogP contribution in [0.15, 0.2) is 60.9 Å². The van der Waals surface area contributed by atoms with E-state index in [0.29, 0.717) is 26.0 Å². The molecule has 0 unspecified atom stereocenters. The number of imidazole rings is 1. The summed E-state index contributed by atoms with van der Waals surface area (Å²) < 4.78 is 7.50. The van der Waals surface area contributed by atoms with Crippen LogP contribution in [0.2, 0.25) is 0 Å². The quantitative estimate of drug-likeness (QED) is 0.683. The number of ether oxygens (including phenoxy) is 1. The van der Waals surface area contributed by atoms with E-state index in [-0.39, 0.29) is 5.91 Å². The number of aromatic nitrogens is 2. The van der Waals surface area contributed by atoms with Gasteiger partial charge in [-0.1, -0.05) is 24.3 Å². The van der Waals surface area contributed by atoms with Crippen molar-refractivity contribution in [3.05, 3.63) is 66.6 Å². The number of hydrogen-bond acceptors (Lipinski definition) is 3. The van der Waals surface area contributed by atoms with Gasteiger partial charge in [0, 0.05) is 18.8 Å². The van der Waals surface area contributed by atoms with Crippen molar-refractivity contribution in [2.75, 3.05) is 6.61 Å². The lowest BCUT2D eigenvalue weighted by Crippen LogP contribution is -2.23. The number of rotatable bonds is 7. The summed E-state index contributed by atoms with van der Waals surface area (Å²) in [5.41, 5.74) is 1.73. The minimum absolute atomic E-state index is 0.0127. The highest BCUT2D eigenvalue weighted by Crippen LogP contribution is 2.09. The first-order valence-electron chi connectivity index (χ1n) is 7.68. The van der Waals surface area contributed by atoms with Gasteiger partial charge in [-0.15, -0.1) is 0 Å². The number of hydrogen-bond donors (Lipinski definition) is 1. The monoisotopic (exact) mass is 309 g/mol. The Morgan fingerprint density at radius 3 is 2.78 bits per heavy atom. The number of nitrogens with one attached hydrogen (secondary N) is 1. The third-order valence-electron chi connectivity index (χ3n) is 3.44. The van der Waals surface area contributed by atoms with E-state index in [4.69, 9.17) is 4.74 Å². The smallest absolute Gasteiger partial charge is 0.220 e. The summed E-state index contributed by atoms with van der Waals surface area (Å²) in [7, 11) is 0. The fraction of sp³-hybridized carbons (Fsp3) is 0.222. The molecule has 2 heterocycles. The van der Waals surface area contributed by atoms with Crippen molar-refractivity contribution in [3.63, 3.8) is 0 Å². The summed E-state index contributed by atoms with van der Waals surface area (Å²) in [4.78, 5) is 16.3. The van der Waals surface area contributed by atoms with Gasteiger partial charge in [-0.25, -0.2) is 4.98 Å². The Labute approximate surface area is 134 Å². The van der Waals surface area contributed by atoms with Crippen LogP contribution in [0.3, 0.4) is 0 Å². The number of benzene rings is 1. The van der Waals surface area contributed by atoms with Gasteiger partial charge < -0.3 is 14.5 Å². The highest BCUT2D eigenvalue weighted by molar-refractivity contribution is 5.75. The third kappa shape index (κ3) is 4.32. The van der Waals surface area contributed by atoms with Crippen LogP contribution in [0.5, 0.6) is 5.75 Å². The van der Waals surface area contributed by atoms with E-state index in [9.17, 15) is 4.79 Å². The molecule has 118 valence electrons. The molecule has 0 fully saturated rings. The van der Waals surface area contributed by atoms with E-state index < -0.39 is 0 Å². The lowest BCUT2D eigenvalue weighted by molar-refractivity contribution is -0.121. The Balaban J connectivity index is 1.38. The maximum Gasteiger partial charge on any atom is 0.220 e. The second kappa shape index (κ2) is 7.45. The minimum atomic E-state index is 0.0127. The predicted octanol–water partition coefficient (Wildman–Crippen LogP) is 2.81. The molecule has 0 saturated heterocycles. The first-order chi connectivity index (χ1) is 11.3. The second-order valence-corrected chi connectivity index (χ2v) is 5.24. The van der Waals surface area contributed by atoms with Crippen molar-refractivity contribution in [2.24, 2.45) is 0 Å². The molecule has 0 aliphatic carbocycles. The van der Waals surface area contributed by atoms with E-state index in [1.807, 2.05) is 65.3 Å². The van der Waals surface area contributed by atoms with Gasteiger partial charge in [0.25, 0.3) is 0 Å². The highest BCUT2D eigenvalue weighted by atomic mass is 16.5. The zero-order valence-corrected chi connectivity index (χ0v) is 12.8. The van der Waals surface area contributed by atoms with Crippen LogP contribution in [-0.4, -0.2) is 21.9 Å². The minimum Gasteiger partial charge on any atom is -0.494 e. The average Bonchev–Trinajstić information content (AvgIpc) is 3.01. The maximum absolute atomic E-state index is 11.8. The normalized spacial score (nSPS) is 10.6. The van der Waals surface area contributed by atoms with Crippen molar-refractivity contribution >= 4 is 11.6 Å². The molecule has 0 aliphatic rings. The van der Waals surface area contributed by atoms with Crippen LogP contribution in [0.4, 0.5) is 0 Å². The van der Waals surface area contributed by atoms with Crippen LogP contribution in [0, 0.1) is 0 Å². The Bertz CT molecular complexity index is 735. The van der Waals surface area contributed by atoms with E-state index >= 15 is 0 Å². The van der Waals surface area contributed by atoms with E-state index in [0.717, 1.165) is 17.1 Å². The summed E-state index contributed by atoms with van der Waals surface area (Å²) in [5.74, 6) is 0.844. The molecule has 1 amide bonds. The largest absolute Gasteiger partial charge is 0.494 e. The van der Waals surface area contributed by atoms with Gasteiger partial charge in [-0.05, 0) is 30.7 Å². The number of nitrogens with zero attached hydrogens (tertiary/aromatic N) is 2. The first kappa shape index (κ1) is 15.1. The van der Waals surface area contributed by atoms with Crippen molar-refractivity contribution in [1.29, 1.82) is 0 Å². The second-order valence-electron chi connectivity index (χ2n) is 5.24. The summed E-state index contributed by atoms with van der Waals surface area (Å²) in [5, 5.41) is 2.89. The molecule has 1 N–H and O–H groups in total. The molecule has 0 bridgehead atoms.